The molecule has 1 nitrogen and oxygen atoms in total. The Balaban J connectivity index is 3.74. The lowest BCUT2D eigenvalue weighted by Gasteiger charge is -2.02. The standard InChI is InChI=1S/C11H19N/c1-3-7-11(8-4-2)9-5-6-10-12/h9H,3-8H2,1-2H3. The van der Waals surface area contributed by atoms with Gasteiger partial charge in [-0.25, -0.2) is 0 Å². The first-order chi connectivity index (χ1) is 5.85. The molecule has 0 aromatic heterocycles. The number of hydrogen-bond acceptors (Lipinski definition) is 1. The van der Waals surface area contributed by atoms with Gasteiger partial charge in [0, 0.05) is 6.42 Å². The first-order valence-corrected chi connectivity index (χ1v) is 4.90. The summed E-state index contributed by atoms with van der Waals surface area (Å²) >= 11 is 0. The van der Waals surface area contributed by atoms with E-state index in [1.165, 1.54) is 31.3 Å². The Morgan fingerprint density at radius 3 is 2.25 bits per heavy atom. The lowest BCUT2D eigenvalue weighted by molar-refractivity contribution is 0.792. The number of rotatable bonds is 6. The fourth-order valence-corrected chi connectivity index (χ4v) is 1.31. The van der Waals surface area contributed by atoms with Crippen molar-refractivity contribution < 1.29 is 0 Å². The van der Waals surface area contributed by atoms with E-state index in [1.54, 1.807) is 0 Å². The van der Waals surface area contributed by atoms with Crippen LogP contribution in [0.1, 0.15) is 52.4 Å². The van der Waals surface area contributed by atoms with Gasteiger partial charge in [0.05, 0.1) is 6.07 Å². The van der Waals surface area contributed by atoms with Crippen LogP contribution in [0.15, 0.2) is 11.6 Å². The van der Waals surface area contributed by atoms with Crippen LogP contribution in [0.2, 0.25) is 0 Å². The Kier molecular flexibility index (Phi) is 7.79. The molecule has 0 aliphatic heterocycles. The van der Waals surface area contributed by atoms with Gasteiger partial charge in [-0.1, -0.05) is 38.3 Å². The van der Waals surface area contributed by atoms with Crippen LogP contribution in [0.4, 0.5) is 0 Å². The summed E-state index contributed by atoms with van der Waals surface area (Å²) in [6, 6.07) is 2.16. The highest BCUT2D eigenvalue weighted by Crippen LogP contribution is 2.13. The zero-order valence-corrected chi connectivity index (χ0v) is 8.27. The van der Waals surface area contributed by atoms with Crippen LogP contribution in [0.3, 0.4) is 0 Å². The molecule has 0 amide bonds. The number of nitriles is 1. The third-order valence-corrected chi connectivity index (χ3v) is 1.83. The Labute approximate surface area is 76.1 Å². The Morgan fingerprint density at radius 1 is 1.25 bits per heavy atom. The molecule has 0 aromatic rings. The monoisotopic (exact) mass is 165 g/mol. The van der Waals surface area contributed by atoms with E-state index in [0.717, 1.165) is 6.42 Å². The van der Waals surface area contributed by atoms with E-state index in [2.05, 4.69) is 26.0 Å². The Hall–Kier alpha value is -0.770. The topological polar surface area (TPSA) is 23.8 Å². The van der Waals surface area contributed by atoms with Crippen molar-refractivity contribution in [2.75, 3.05) is 0 Å². The molecule has 0 rings (SSSR count). The molecule has 0 saturated heterocycles. The predicted octanol–water partition coefficient (Wildman–Crippen LogP) is 3.82. The van der Waals surface area contributed by atoms with Gasteiger partial charge >= 0.3 is 0 Å². The van der Waals surface area contributed by atoms with Crippen molar-refractivity contribution in [1.82, 2.24) is 0 Å². The molecule has 0 aliphatic rings. The van der Waals surface area contributed by atoms with Crippen LogP contribution >= 0.6 is 0 Å². The summed E-state index contributed by atoms with van der Waals surface area (Å²) in [5, 5.41) is 8.36. The van der Waals surface area contributed by atoms with Gasteiger partial charge < -0.3 is 0 Å². The molecule has 0 atom stereocenters. The molecule has 1 heteroatoms. The third-order valence-electron chi connectivity index (χ3n) is 1.83. The fourth-order valence-electron chi connectivity index (χ4n) is 1.31. The minimum Gasteiger partial charge on any atom is -0.198 e. The van der Waals surface area contributed by atoms with Crippen molar-refractivity contribution in [2.24, 2.45) is 0 Å². The fraction of sp³-hybridized carbons (Fsp3) is 0.727. The normalized spacial score (nSPS) is 9.08. The van der Waals surface area contributed by atoms with Gasteiger partial charge in [-0.2, -0.15) is 5.26 Å². The predicted molar refractivity (Wildman–Crippen MR) is 52.7 cm³/mol. The maximum absolute atomic E-state index is 8.36. The maximum atomic E-state index is 8.36. The lowest BCUT2D eigenvalue weighted by atomic mass is 10.0. The smallest absolute Gasteiger partial charge is 0.0625 e. The molecule has 0 bridgehead atoms. The van der Waals surface area contributed by atoms with Crippen LogP contribution in [0, 0.1) is 11.3 Å². The highest BCUT2D eigenvalue weighted by Gasteiger charge is 1.93. The maximum Gasteiger partial charge on any atom is 0.0625 e. The van der Waals surface area contributed by atoms with Crippen molar-refractivity contribution >= 4 is 0 Å². The largest absolute Gasteiger partial charge is 0.198 e. The van der Waals surface area contributed by atoms with Crippen molar-refractivity contribution in [3.05, 3.63) is 11.6 Å². The van der Waals surface area contributed by atoms with Crippen LogP contribution < -0.4 is 0 Å². The van der Waals surface area contributed by atoms with Gasteiger partial charge in [-0.05, 0) is 19.3 Å². The molecular weight excluding hydrogens is 146 g/mol. The molecule has 0 unspecified atom stereocenters. The molecule has 0 spiro atoms. The molecule has 12 heavy (non-hydrogen) atoms. The number of allylic oxidation sites excluding steroid dienone is 2. The van der Waals surface area contributed by atoms with E-state index in [0.29, 0.717) is 6.42 Å². The number of unbranched alkanes of at least 4 members (excludes halogenated alkanes) is 1. The third kappa shape index (κ3) is 5.97. The molecule has 0 saturated carbocycles. The van der Waals surface area contributed by atoms with Gasteiger partial charge in [-0.3, -0.25) is 0 Å². The first kappa shape index (κ1) is 11.2. The van der Waals surface area contributed by atoms with Crippen LogP contribution in [-0.2, 0) is 0 Å². The zero-order chi connectivity index (χ0) is 9.23. The summed E-state index contributed by atoms with van der Waals surface area (Å²) in [6.07, 6.45) is 8.70. The van der Waals surface area contributed by atoms with Gasteiger partial charge in [0.15, 0.2) is 0 Å². The van der Waals surface area contributed by atoms with E-state index in [-0.39, 0.29) is 0 Å². The summed E-state index contributed by atoms with van der Waals surface area (Å²) in [5.74, 6) is 0. The molecule has 0 heterocycles. The second kappa shape index (κ2) is 8.33. The van der Waals surface area contributed by atoms with E-state index >= 15 is 0 Å². The highest BCUT2D eigenvalue weighted by atomic mass is 14.2. The molecular formula is C11H19N. The van der Waals surface area contributed by atoms with Crippen LogP contribution in [-0.4, -0.2) is 0 Å². The average molecular weight is 165 g/mol. The minimum absolute atomic E-state index is 0.664. The molecule has 68 valence electrons. The minimum atomic E-state index is 0.664. The van der Waals surface area contributed by atoms with Crippen molar-refractivity contribution in [1.29, 1.82) is 5.26 Å². The van der Waals surface area contributed by atoms with Crippen molar-refractivity contribution in [2.45, 2.75) is 52.4 Å². The van der Waals surface area contributed by atoms with E-state index in [9.17, 15) is 0 Å². The Morgan fingerprint density at radius 2 is 1.83 bits per heavy atom. The number of nitrogens with zero attached hydrogens (tertiary/aromatic N) is 1. The van der Waals surface area contributed by atoms with E-state index in [4.69, 9.17) is 5.26 Å². The Bertz CT molecular complexity index is 154. The van der Waals surface area contributed by atoms with Gasteiger partial charge in [-0.15, -0.1) is 0 Å². The summed E-state index contributed by atoms with van der Waals surface area (Å²) in [5.41, 5.74) is 1.54. The summed E-state index contributed by atoms with van der Waals surface area (Å²) in [6.45, 7) is 4.40. The molecule has 0 fully saturated rings. The SMILES string of the molecule is CCCC(=CCCC#N)CCC. The average Bonchev–Trinajstić information content (AvgIpc) is 2.06. The second-order valence-corrected chi connectivity index (χ2v) is 3.06. The van der Waals surface area contributed by atoms with Crippen LogP contribution in [0.25, 0.3) is 0 Å². The molecule has 0 aromatic carbocycles. The summed E-state index contributed by atoms with van der Waals surface area (Å²) in [7, 11) is 0. The van der Waals surface area contributed by atoms with Gasteiger partial charge in [0.1, 0.15) is 0 Å². The van der Waals surface area contributed by atoms with E-state index < -0.39 is 0 Å². The second-order valence-electron chi connectivity index (χ2n) is 3.06. The lowest BCUT2D eigenvalue weighted by Crippen LogP contribution is -1.82. The quantitative estimate of drug-likeness (QED) is 0.433. The highest BCUT2D eigenvalue weighted by molar-refractivity contribution is 5.02. The first-order valence-electron chi connectivity index (χ1n) is 4.90. The summed E-state index contributed by atoms with van der Waals surface area (Å²) in [4.78, 5) is 0. The van der Waals surface area contributed by atoms with Crippen molar-refractivity contribution in [3.8, 4) is 6.07 Å². The van der Waals surface area contributed by atoms with E-state index in [1.807, 2.05) is 0 Å². The van der Waals surface area contributed by atoms with Crippen LogP contribution in [0.5, 0.6) is 0 Å². The van der Waals surface area contributed by atoms with Crippen molar-refractivity contribution in [3.63, 3.8) is 0 Å². The zero-order valence-electron chi connectivity index (χ0n) is 8.27. The van der Waals surface area contributed by atoms with Gasteiger partial charge in [0.25, 0.3) is 0 Å². The molecule has 0 aliphatic carbocycles. The number of hydrogen-bond donors (Lipinski definition) is 0. The summed E-state index contributed by atoms with van der Waals surface area (Å²) < 4.78 is 0. The molecule has 0 N–H and O–H groups in total. The van der Waals surface area contributed by atoms with Gasteiger partial charge in [0.2, 0.25) is 0 Å². The molecule has 0 radical (unpaired) electrons.